The molecule has 2 aromatic rings. The maximum Gasteiger partial charge on any atom is 0.341 e. The minimum atomic E-state index is -1.04. The lowest BCUT2D eigenvalue weighted by molar-refractivity contribution is -0.139. The van der Waals surface area contributed by atoms with Gasteiger partial charge in [-0.15, -0.1) is 0 Å². The molecule has 1 unspecified atom stereocenters. The van der Waals surface area contributed by atoms with E-state index in [9.17, 15) is 9.59 Å². The molecule has 1 atom stereocenters. The lowest BCUT2D eigenvalue weighted by Crippen LogP contribution is -2.27. The zero-order valence-corrected chi connectivity index (χ0v) is 16.0. The van der Waals surface area contributed by atoms with Gasteiger partial charge in [0.05, 0.1) is 11.5 Å². The summed E-state index contributed by atoms with van der Waals surface area (Å²) in [6.45, 7) is 5.12. The van der Waals surface area contributed by atoms with Crippen molar-refractivity contribution in [2.75, 3.05) is 6.61 Å². The molecular formula is C18H20N4O4S. The monoisotopic (exact) mass is 388 g/mol. The van der Waals surface area contributed by atoms with E-state index >= 15 is 0 Å². The summed E-state index contributed by atoms with van der Waals surface area (Å²) >= 11 is 1.26. The highest BCUT2D eigenvalue weighted by Gasteiger charge is 2.15. The molecule has 1 aromatic heterocycles. The van der Waals surface area contributed by atoms with Gasteiger partial charge in [0.1, 0.15) is 5.75 Å². The Hall–Kier alpha value is -2.94. The number of hydrogen-bond donors (Lipinski definition) is 2. The lowest BCUT2D eigenvalue weighted by atomic mass is 10.2. The molecule has 1 amide bonds. The maximum absolute atomic E-state index is 12.1. The predicted octanol–water partition coefficient (Wildman–Crippen LogP) is 2.19. The van der Waals surface area contributed by atoms with E-state index in [1.165, 1.54) is 18.0 Å². The average molecular weight is 388 g/mol. The second-order valence-electron chi connectivity index (χ2n) is 5.68. The maximum atomic E-state index is 12.1. The van der Waals surface area contributed by atoms with Crippen LogP contribution in [0.2, 0.25) is 0 Å². The second-order valence-corrected chi connectivity index (χ2v) is 6.99. The van der Waals surface area contributed by atoms with Gasteiger partial charge >= 0.3 is 5.97 Å². The third-order valence-electron chi connectivity index (χ3n) is 3.24. The van der Waals surface area contributed by atoms with E-state index < -0.39 is 17.8 Å². The van der Waals surface area contributed by atoms with E-state index in [2.05, 4.69) is 20.5 Å². The molecule has 1 aromatic carbocycles. The first-order chi connectivity index (χ1) is 12.8. The molecule has 27 heavy (non-hydrogen) atoms. The predicted molar refractivity (Wildman–Crippen MR) is 102 cm³/mol. The number of amides is 1. The number of aryl methyl sites for hydroxylation is 2. The molecule has 9 heteroatoms. The van der Waals surface area contributed by atoms with Crippen molar-refractivity contribution in [3.8, 4) is 5.75 Å². The Morgan fingerprint density at radius 2 is 1.89 bits per heavy atom. The van der Waals surface area contributed by atoms with Gasteiger partial charge in [0.25, 0.3) is 5.91 Å². The summed E-state index contributed by atoms with van der Waals surface area (Å²) in [5.41, 5.74) is 4.92. The Labute approximate surface area is 161 Å². The first-order valence-corrected chi connectivity index (χ1v) is 8.98. The number of aliphatic carboxylic acids is 1. The van der Waals surface area contributed by atoms with Crippen molar-refractivity contribution in [3.63, 3.8) is 0 Å². The van der Waals surface area contributed by atoms with Gasteiger partial charge in [-0.1, -0.05) is 11.8 Å². The van der Waals surface area contributed by atoms with Crippen LogP contribution < -0.4 is 10.2 Å². The second kappa shape index (κ2) is 9.67. The van der Waals surface area contributed by atoms with Gasteiger partial charge in [-0.05, 0) is 56.7 Å². The Kier molecular flexibility index (Phi) is 7.30. The highest BCUT2D eigenvalue weighted by molar-refractivity contribution is 8.00. The molecule has 8 nitrogen and oxygen atoms in total. The fourth-order valence-electron chi connectivity index (χ4n) is 2.01. The Balaban J connectivity index is 1.85. The number of carbonyl (C=O) groups is 2. The SMILES string of the molecule is Cc1cc(C)nc(SC(C)C(=O)N/N=C/c2ccc(OCC(=O)O)cc2)n1. The number of carbonyl (C=O) groups excluding carboxylic acids is 1. The van der Waals surface area contributed by atoms with Gasteiger partial charge in [0.15, 0.2) is 11.8 Å². The standard InChI is InChI=1S/C18H20N4O4S/c1-11-8-12(2)21-18(20-11)27-13(3)17(25)22-19-9-14-4-6-15(7-5-14)26-10-16(23)24/h4-9,13H,10H2,1-3H3,(H,22,25)(H,23,24)/b19-9+. The van der Waals surface area contributed by atoms with Gasteiger partial charge in [0, 0.05) is 11.4 Å². The number of nitrogens with zero attached hydrogens (tertiary/aromatic N) is 3. The van der Waals surface area contributed by atoms with Gasteiger partial charge in [-0.2, -0.15) is 5.10 Å². The van der Waals surface area contributed by atoms with Crippen molar-refractivity contribution in [2.24, 2.45) is 5.10 Å². The number of rotatable bonds is 8. The third-order valence-corrected chi connectivity index (χ3v) is 4.20. The van der Waals surface area contributed by atoms with Crippen LogP contribution >= 0.6 is 11.8 Å². The van der Waals surface area contributed by atoms with Gasteiger partial charge in [-0.3, -0.25) is 4.79 Å². The van der Waals surface area contributed by atoms with E-state index in [1.807, 2.05) is 19.9 Å². The number of carboxylic acid groups (broad SMARTS) is 1. The number of hydrogen-bond acceptors (Lipinski definition) is 7. The molecule has 0 radical (unpaired) electrons. The van der Waals surface area contributed by atoms with Crippen molar-refractivity contribution in [2.45, 2.75) is 31.2 Å². The minimum absolute atomic E-state index is 0.263. The molecular weight excluding hydrogens is 368 g/mol. The fraction of sp³-hybridized carbons (Fsp3) is 0.278. The highest BCUT2D eigenvalue weighted by Crippen LogP contribution is 2.20. The molecule has 1 heterocycles. The zero-order chi connectivity index (χ0) is 19.8. The molecule has 142 valence electrons. The van der Waals surface area contributed by atoms with Crippen LogP contribution in [0.5, 0.6) is 5.75 Å². The van der Waals surface area contributed by atoms with Crippen molar-refractivity contribution in [1.82, 2.24) is 15.4 Å². The summed E-state index contributed by atoms with van der Waals surface area (Å²) in [4.78, 5) is 31.2. The van der Waals surface area contributed by atoms with Crippen molar-refractivity contribution in [3.05, 3.63) is 47.3 Å². The van der Waals surface area contributed by atoms with Gasteiger partial charge in [-0.25, -0.2) is 20.2 Å². The van der Waals surface area contributed by atoms with Crippen LogP contribution in [-0.4, -0.2) is 45.0 Å². The van der Waals surface area contributed by atoms with E-state index in [1.54, 1.807) is 31.2 Å². The van der Waals surface area contributed by atoms with Crippen LogP contribution in [0.3, 0.4) is 0 Å². The van der Waals surface area contributed by atoms with Gasteiger partial charge < -0.3 is 9.84 Å². The summed E-state index contributed by atoms with van der Waals surface area (Å²) in [6, 6.07) is 8.53. The molecule has 0 spiro atoms. The lowest BCUT2D eigenvalue weighted by Gasteiger charge is -2.09. The largest absolute Gasteiger partial charge is 0.482 e. The highest BCUT2D eigenvalue weighted by atomic mass is 32.2. The molecule has 2 rings (SSSR count). The van der Waals surface area contributed by atoms with Crippen LogP contribution in [0, 0.1) is 13.8 Å². The fourth-order valence-corrected chi connectivity index (χ4v) is 2.88. The zero-order valence-electron chi connectivity index (χ0n) is 15.2. The first kappa shape index (κ1) is 20.4. The Morgan fingerprint density at radius 3 is 2.48 bits per heavy atom. The van der Waals surface area contributed by atoms with E-state index in [0.29, 0.717) is 10.9 Å². The molecule has 0 bridgehead atoms. The molecule has 0 aliphatic heterocycles. The van der Waals surface area contributed by atoms with Crippen LogP contribution in [0.25, 0.3) is 0 Å². The number of nitrogens with one attached hydrogen (secondary N) is 1. The Morgan fingerprint density at radius 1 is 1.26 bits per heavy atom. The van der Waals surface area contributed by atoms with Crippen LogP contribution in [0.4, 0.5) is 0 Å². The number of benzene rings is 1. The molecule has 2 N–H and O–H groups in total. The summed E-state index contributed by atoms with van der Waals surface area (Å²) in [6.07, 6.45) is 1.49. The summed E-state index contributed by atoms with van der Waals surface area (Å²) in [5.74, 6) is -0.862. The number of carboxylic acids is 1. The smallest absolute Gasteiger partial charge is 0.341 e. The summed E-state index contributed by atoms with van der Waals surface area (Å²) in [5, 5.41) is 12.6. The van der Waals surface area contributed by atoms with E-state index in [-0.39, 0.29) is 5.91 Å². The van der Waals surface area contributed by atoms with Crippen molar-refractivity contribution >= 4 is 29.9 Å². The Bertz CT molecular complexity index is 820. The first-order valence-electron chi connectivity index (χ1n) is 8.10. The molecule has 0 saturated carbocycles. The quantitative estimate of drug-likeness (QED) is 0.308. The number of hydrazone groups is 1. The summed E-state index contributed by atoms with van der Waals surface area (Å²) in [7, 11) is 0. The molecule has 0 aliphatic carbocycles. The number of thioether (sulfide) groups is 1. The minimum Gasteiger partial charge on any atom is -0.482 e. The topological polar surface area (TPSA) is 114 Å². The number of aromatic nitrogens is 2. The van der Waals surface area contributed by atoms with Crippen LogP contribution in [-0.2, 0) is 9.59 Å². The van der Waals surface area contributed by atoms with Crippen molar-refractivity contribution in [1.29, 1.82) is 0 Å². The normalized spacial score (nSPS) is 12.0. The molecule has 0 saturated heterocycles. The van der Waals surface area contributed by atoms with Crippen LogP contribution in [0.1, 0.15) is 23.9 Å². The third kappa shape index (κ3) is 7.06. The molecule has 0 fully saturated rings. The average Bonchev–Trinajstić information content (AvgIpc) is 2.60. The number of ether oxygens (including phenoxy) is 1. The van der Waals surface area contributed by atoms with Crippen molar-refractivity contribution < 1.29 is 19.4 Å². The van der Waals surface area contributed by atoms with E-state index in [4.69, 9.17) is 9.84 Å². The summed E-state index contributed by atoms with van der Waals surface area (Å²) < 4.78 is 5.04. The molecule has 0 aliphatic rings. The van der Waals surface area contributed by atoms with Gasteiger partial charge in [0.2, 0.25) is 0 Å². The van der Waals surface area contributed by atoms with E-state index in [0.717, 1.165) is 17.0 Å². The van der Waals surface area contributed by atoms with Crippen LogP contribution in [0.15, 0.2) is 40.6 Å².